The molecule has 2 aromatic rings. The van der Waals surface area contributed by atoms with Gasteiger partial charge in [-0.2, -0.15) is 5.26 Å². The van der Waals surface area contributed by atoms with Crippen molar-refractivity contribution in [3.63, 3.8) is 0 Å². The van der Waals surface area contributed by atoms with Gasteiger partial charge >= 0.3 is 6.16 Å². The summed E-state index contributed by atoms with van der Waals surface area (Å²) in [7, 11) is 0. The quantitative estimate of drug-likeness (QED) is 0.389. The highest BCUT2D eigenvalue weighted by Gasteiger charge is 2.60. The molecule has 0 N–H and O–H groups in total. The van der Waals surface area contributed by atoms with Crippen molar-refractivity contribution in [1.82, 2.24) is 0 Å². The first-order valence-electron chi connectivity index (χ1n) is 8.94. The van der Waals surface area contributed by atoms with Gasteiger partial charge in [-0.1, -0.05) is 50.3 Å². The average Bonchev–Trinajstić information content (AvgIpc) is 3.18. The molecule has 0 radical (unpaired) electrons. The number of carbonyl (C=O) groups excluding carboxylic acids is 1. The number of para-hydroxylation sites is 1. The van der Waals surface area contributed by atoms with Crippen LogP contribution in [0.4, 0.5) is 4.79 Å². The molecular formula is C22H19Br2NO4. The minimum atomic E-state index is -1.10. The third kappa shape index (κ3) is 5.40. The van der Waals surface area contributed by atoms with E-state index in [9.17, 15) is 10.1 Å². The van der Waals surface area contributed by atoms with Gasteiger partial charge in [0.05, 0.1) is 3.39 Å². The Morgan fingerprint density at radius 2 is 1.83 bits per heavy atom. The molecule has 0 amide bonds. The summed E-state index contributed by atoms with van der Waals surface area (Å²) in [4.78, 5) is 12.3. The van der Waals surface area contributed by atoms with Gasteiger partial charge in [-0.15, -0.1) is 0 Å². The Kier molecular flexibility index (Phi) is 6.66. The van der Waals surface area contributed by atoms with E-state index in [1.54, 1.807) is 24.3 Å². The van der Waals surface area contributed by atoms with E-state index in [4.69, 9.17) is 14.2 Å². The highest BCUT2D eigenvalue weighted by molar-refractivity contribution is 9.28. The molecule has 5 nitrogen and oxygen atoms in total. The summed E-state index contributed by atoms with van der Waals surface area (Å²) in [6.07, 6.45) is -0.345. The van der Waals surface area contributed by atoms with Crippen molar-refractivity contribution < 1.29 is 19.0 Å². The maximum atomic E-state index is 12.3. The molecular weight excluding hydrogens is 502 g/mol. The predicted octanol–water partition coefficient (Wildman–Crippen LogP) is 6.85. The second-order valence-electron chi connectivity index (χ2n) is 7.21. The number of benzene rings is 2. The lowest BCUT2D eigenvalue weighted by Crippen LogP contribution is -2.15. The second-order valence-corrected chi connectivity index (χ2v) is 9.98. The highest BCUT2D eigenvalue weighted by atomic mass is 79.9. The van der Waals surface area contributed by atoms with Crippen LogP contribution in [-0.4, -0.2) is 12.3 Å². The van der Waals surface area contributed by atoms with Crippen molar-refractivity contribution in [2.24, 2.45) is 11.3 Å². The molecule has 29 heavy (non-hydrogen) atoms. The van der Waals surface area contributed by atoms with Gasteiger partial charge in [-0.25, -0.2) is 4.79 Å². The van der Waals surface area contributed by atoms with Gasteiger partial charge < -0.3 is 14.2 Å². The smallest absolute Gasteiger partial charge is 0.457 e. The maximum Gasteiger partial charge on any atom is 0.510 e. The summed E-state index contributed by atoms with van der Waals surface area (Å²) in [5, 5.41) is 9.49. The summed E-state index contributed by atoms with van der Waals surface area (Å²) in [6, 6.07) is 18.2. The van der Waals surface area contributed by atoms with Crippen molar-refractivity contribution in [3.8, 4) is 17.6 Å². The zero-order valence-corrected chi connectivity index (χ0v) is 19.0. The number of carbonyl (C=O) groups is 1. The van der Waals surface area contributed by atoms with Crippen LogP contribution in [-0.2, 0) is 9.47 Å². The number of halogens is 2. The molecule has 150 valence electrons. The number of nitrogens with zero attached hydrogens (tertiary/aromatic N) is 1. The first-order valence-corrected chi connectivity index (χ1v) is 10.5. The molecule has 3 rings (SSSR count). The Bertz CT molecular complexity index is 949. The standard InChI is InChI=1S/C22H19Br2NO4/c1-22(2)17(12-19(23)24)20(22)29-21(26)28-18(13-25)14-7-6-10-16(11-14)27-15-8-4-3-5-9-15/h3-12,17-18,20H,1-2H3/t17-,18?,20+/m0/s1. The molecule has 7 heteroatoms. The van der Waals surface area contributed by atoms with E-state index in [0.717, 1.165) is 3.39 Å². The van der Waals surface area contributed by atoms with Crippen LogP contribution in [0.25, 0.3) is 0 Å². The van der Waals surface area contributed by atoms with Gasteiger partial charge in [-0.05, 0) is 56.1 Å². The zero-order valence-electron chi connectivity index (χ0n) is 15.8. The molecule has 1 unspecified atom stereocenters. The van der Waals surface area contributed by atoms with Crippen molar-refractivity contribution in [2.75, 3.05) is 0 Å². The van der Waals surface area contributed by atoms with Crippen LogP contribution in [0.3, 0.4) is 0 Å². The minimum Gasteiger partial charge on any atom is -0.457 e. The fourth-order valence-corrected chi connectivity index (χ4v) is 3.62. The molecule has 1 fully saturated rings. The van der Waals surface area contributed by atoms with Crippen LogP contribution in [0.5, 0.6) is 11.5 Å². The van der Waals surface area contributed by atoms with Crippen molar-refractivity contribution in [3.05, 3.63) is 69.6 Å². The molecule has 0 aromatic heterocycles. The number of hydrogen-bond donors (Lipinski definition) is 0. The van der Waals surface area contributed by atoms with Crippen LogP contribution in [0, 0.1) is 22.7 Å². The molecule has 1 aliphatic rings. The van der Waals surface area contributed by atoms with Gasteiger partial charge in [0.2, 0.25) is 6.10 Å². The summed E-state index contributed by atoms with van der Waals surface area (Å²) in [5.41, 5.74) is 0.310. The van der Waals surface area contributed by atoms with E-state index in [1.165, 1.54) is 0 Å². The molecule has 2 aromatic carbocycles. The largest absolute Gasteiger partial charge is 0.510 e. The lowest BCUT2D eigenvalue weighted by molar-refractivity contribution is 0.0255. The zero-order chi connectivity index (χ0) is 21.0. The Morgan fingerprint density at radius 1 is 1.14 bits per heavy atom. The number of nitriles is 1. The highest BCUT2D eigenvalue weighted by Crippen LogP contribution is 2.56. The Balaban J connectivity index is 1.64. The van der Waals surface area contributed by atoms with E-state index in [1.807, 2.05) is 56.3 Å². The molecule has 0 bridgehead atoms. The normalized spacial score (nSPS) is 20.0. The maximum absolute atomic E-state index is 12.3. The van der Waals surface area contributed by atoms with Crippen LogP contribution in [0.2, 0.25) is 0 Å². The predicted molar refractivity (Wildman–Crippen MR) is 116 cm³/mol. The van der Waals surface area contributed by atoms with Crippen LogP contribution < -0.4 is 4.74 Å². The molecule has 0 spiro atoms. The summed E-state index contributed by atoms with van der Waals surface area (Å²) in [6.45, 7) is 4.00. The summed E-state index contributed by atoms with van der Waals surface area (Å²) >= 11 is 6.65. The van der Waals surface area contributed by atoms with Crippen LogP contribution >= 0.6 is 31.9 Å². The first kappa shape index (κ1) is 21.4. The van der Waals surface area contributed by atoms with Gasteiger partial charge in [0.25, 0.3) is 0 Å². The SMILES string of the molecule is CC1(C)[C@H](OC(=O)OC(C#N)c2cccc(Oc3ccccc3)c2)[C@@H]1C=C(Br)Br. The number of hydrogen-bond acceptors (Lipinski definition) is 5. The second kappa shape index (κ2) is 9.02. The Morgan fingerprint density at radius 3 is 2.48 bits per heavy atom. The van der Waals surface area contributed by atoms with E-state index in [2.05, 4.69) is 31.9 Å². The summed E-state index contributed by atoms with van der Waals surface area (Å²) in [5.74, 6) is 1.28. The van der Waals surface area contributed by atoms with E-state index in [-0.39, 0.29) is 17.4 Å². The lowest BCUT2D eigenvalue weighted by atomic mass is 10.1. The summed E-state index contributed by atoms with van der Waals surface area (Å²) < 4.78 is 17.3. The van der Waals surface area contributed by atoms with Crippen molar-refractivity contribution >= 4 is 38.0 Å². The third-order valence-corrected chi connectivity index (χ3v) is 5.34. The first-order chi connectivity index (χ1) is 13.8. The van der Waals surface area contributed by atoms with Crippen LogP contribution in [0.1, 0.15) is 25.5 Å². The van der Waals surface area contributed by atoms with Gasteiger partial charge in [-0.3, -0.25) is 0 Å². The third-order valence-electron chi connectivity index (χ3n) is 4.81. The van der Waals surface area contributed by atoms with Gasteiger partial charge in [0.1, 0.15) is 23.7 Å². The van der Waals surface area contributed by atoms with Crippen molar-refractivity contribution in [2.45, 2.75) is 26.1 Å². The van der Waals surface area contributed by atoms with E-state index < -0.39 is 12.3 Å². The molecule has 1 aliphatic carbocycles. The Hall–Kier alpha value is -2.30. The minimum absolute atomic E-state index is 0.0620. The molecule has 0 aliphatic heterocycles. The van der Waals surface area contributed by atoms with Gasteiger partial charge in [0, 0.05) is 16.9 Å². The fourth-order valence-electron chi connectivity index (χ4n) is 3.05. The van der Waals surface area contributed by atoms with E-state index in [0.29, 0.717) is 17.1 Å². The molecule has 3 atom stereocenters. The molecule has 0 saturated heterocycles. The molecule has 0 heterocycles. The average molecular weight is 521 g/mol. The Labute approximate surface area is 186 Å². The topological polar surface area (TPSA) is 68.5 Å². The number of ether oxygens (including phenoxy) is 3. The number of rotatable bonds is 6. The van der Waals surface area contributed by atoms with Crippen LogP contribution in [0.15, 0.2) is 64.1 Å². The van der Waals surface area contributed by atoms with Gasteiger partial charge in [0.15, 0.2) is 0 Å². The monoisotopic (exact) mass is 519 g/mol. The van der Waals surface area contributed by atoms with Crippen molar-refractivity contribution in [1.29, 1.82) is 5.26 Å². The lowest BCUT2D eigenvalue weighted by Gasteiger charge is -2.13. The van der Waals surface area contributed by atoms with E-state index >= 15 is 0 Å². The molecule has 1 saturated carbocycles. The fraction of sp³-hybridized carbons (Fsp3) is 0.273.